The molecule has 0 bridgehead atoms. The number of anilines is 2. The Balaban J connectivity index is 2.33. The van der Waals surface area contributed by atoms with Gasteiger partial charge in [0.2, 0.25) is 5.91 Å². The summed E-state index contributed by atoms with van der Waals surface area (Å²) < 4.78 is 39.6. The van der Waals surface area contributed by atoms with E-state index in [1.165, 1.54) is 25.3 Å². The summed E-state index contributed by atoms with van der Waals surface area (Å²) >= 11 is 0. The van der Waals surface area contributed by atoms with Crippen molar-refractivity contribution in [3.05, 3.63) is 53.3 Å². The van der Waals surface area contributed by atoms with E-state index in [9.17, 15) is 22.8 Å². The van der Waals surface area contributed by atoms with Gasteiger partial charge in [-0.1, -0.05) is 0 Å². The molecule has 0 atom stereocenters. The normalized spacial score (nSPS) is 11.0. The molecule has 2 N–H and O–H groups in total. The standard InChI is InChI=1S/C16H14F3N3O2/c1-9-3-4-11(8-20-9)15(24)22-14-6-5-12(21-10(2)23)7-13(14)16(17,18)19/h3-8H,1-2H3,(H,21,23)(H,22,24). The van der Waals surface area contributed by atoms with Gasteiger partial charge in [-0.05, 0) is 37.3 Å². The molecular weight excluding hydrogens is 323 g/mol. The average Bonchev–Trinajstić information content (AvgIpc) is 2.47. The summed E-state index contributed by atoms with van der Waals surface area (Å²) in [5.74, 6) is -1.20. The first-order valence-electron chi connectivity index (χ1n) is 6.89. The second kappa shape index (κ2) is 6.69. The van der Waals surface area contributed by atoms with Gasteiger partial charge in [-0.3, -0.25) is 14.6 Å². The number of amides is 2. The van der Waals surface area contributed by atoms with Crippen LogP contribution in [0.2, 0.25) is 0 Å². The van der Waals surface area contributed by atoms with E-state index < -0.39 is 29.2 Å². The van der Waals surface area contributed by atoms with Crippen molar-refractivity contribution in [1.82, 2.24) is 4.98 Å². The van der Waals surface area contributed by atoms with Crippen molar-refractivity contribution >= 4 is 23.2 Å². The van der Waals surface area contributed by atoms with Crippen LogP contribution in [0.1, 0.15) is 28.5 Å². The first-order chi connectivity index (χ1) is 11.2. The van der Waals surface area contributed by atoms with Gasteiger partial charge in [-0.15, -0.1) is 0 Å². The molecule has 24 heavy (non-hydrogen) atoms. The summed E-state index contributed by atoms with van der Waals surface area (Å²) in [6.07, 6.45) is -3.41. The third kappa shape index (κ3) is 4.31. The fourth-order valence-electron chi connectivity index (χ4n) is 1.97. The summed E-state index contributed by atoms with van der Waals surface area (Å²) in [5, 5.41) is 4.50. The van der Waals surface area contributed by atoms with Crippen LogP contribution >= 0.6 is 0 Å². The van der Waals surface area contributed by atoms with Crippen LogP contribution in [0.4, 0.5) is 24.5 Å². The quantitative estimate of drug-likeness (QED) is 0.899. The SMILES string of the molecule is CC(=O)Nc1ccc(NC(=O)c2ccc(C)nc2)c(C(F)(F)F)c1. The minimum atomic E-state index is -4.69. The highest BCUT2D eigenvalue weighted by atomic mass is 19.4. The molecule has 0 aliphatic rings. The van der Waals surface area contributed by atoms with Crippen LogP contribution in [0, 0.1) is 6.92 Å². The van der Waals surface area contributed by atoms with Crippen molar-refractivity contribution in [3.8, 4) is 0 Å². The van der Waals surface area contributed by atoms with E-state index in [-0.39, 0.29) is 11.3 Å². The van der Waals surface area contributed by atoms with Gasteiger partial charge in [0.05, 0.1) is 16.8 Å². The lowest BCUT2D eigenvalue weighted by Gasteiger charge is -2.15. The molecule has 1 aromatic carbocycles. The van der Waals surface area contributed by atoms with E-state index in [1.54, 1.807) is 13.0 Å². The first-order valence-corrected chi connectivity index (χ1v) is 6.89. The molecule has 2 rings (SSSR count). The largest absolute Gasteiger partial charge is 0.418 e. The summed E-state index contributed by atoms with van der Waals surface area (Å²) in [7, 11) is 0. The summed E-state index contributed by atoms with van der Waals surface area (Å²) in [6, 6.07) is 6.19. The van der Waals surface area contributed by atoms with Crippen molar-refractivity contribution in [3.63, 3.8) is 0 Å². The van der Waals surface area contributed by atoms with Gasteiger partial charge in [0.1, 0.15) is 0 Å². The summed E-state index contributed by atoms with van der Waals surface area (Å²) in [6.45, 7) is 2.91. The lowest BCUT2D eigenvalue weighted by atomic mass is 10.1. The number of carbonyl (C=O) groups is 2. The van der Waals surface area contributed by atoms with E-state index in [1.807, 2.05) is 0 Å². The molecule has 0 aliphatic heterocycles. The highest BCUT2D eigenvalue weighted by Crippen LogP contribution is 2.36. The van der Waals surface area contributed by atoms with Crippen LogP contribution in [-0.2, 0) is 11.0 Å². The number of rotatable bonds is 3. The van der Waals surface area contributed by atoms with Gasteiger partial charge in [-0.2, -0.15) is 13.2 Å². The number of hydrogen-bond donors (Lipinski definition) is 2. The Hall–Kier alpha value is -2.90. The van der Waals surface area contributed by atoms with E-state index >= 15 is 0 Å². The molecule has 0 unspecified atom stereocenters. The number of nitrogens with zero attached hydrogens (tertiary/aromatic N) is 1. The van der Waals surface area contributed by atoms with Crippen molar-refractivity contribution in [2.24, 2.45) is 0 Å². The van der Waals surface area contributed by atoms with Crippen LogP contribution in [0.3, 0.4) is 0 Å². The van der Waals surface area contributed by atoms with Gasteiger partial charge >= 0.3 is 6.18 Å². The summed E-state index contributed by atoms with van der Waals surface area (Å²) in [4.78, 5) is 27.0. The zero-order valence-corrected chi connectivity index (χ0v) is 12.9. The highest BCUT2D eigenvalue weighted by Gasteiger charge is 2.34. The molecule has 8 heteroatoms. The Morgan fingerprint density at radius 1 is 1.08 bits per heavy atom. The van der Waals surface area contributed by atoms with Gasteiger partial charge in [0.15, 0.2) is 0 Å². The first kappa shape index (κ1) is 17.5. The second-order valence-electron chi connectivity index (χ2n) is 5.08. The lowest BCUT2D eigenvalue weighted by Crippen LogP contribution is -2.17. The fourth-order valence-corrected chi connectivity index (χ4v) is 1.97. The van der Waals surface area contributed by atoms with E-state index in [4.69, 9.17) is 0 Å². The van der Waals surface area contributed by atoms with Gasteiger partial charge in [0, 0.05) is 24.5 Å². The van der Waals surface area contributed by atoms with E-state index in [0.29, 0.717) is 5.69 Å². The van der Waals surface area contributed by atoms with E-state index in [0.717, 1.165) is 12.1 Å². The summed E-state index contributed by atoms with van der Waals surface area (Å²) in [5.41, 5.74) is -0.643. The molecule has 2 aromatic rings. The smallest absolute Gasteiger partial charge is 0.326 e. The Bertz CT molecular complexity index is 771. The zero-order valence-electron chi connectivity index (χ0n) is 12.9. The molecule has 0 fully saturated rings. The minimum absolute atomic E-state index is 0.00942. The van der Waals surface area contributed by atoms with Crippen LogP contribution in [0.5, 0.6) is 0 Å². The van der Waals surface area contributed by atoms with Crippen molar-refractivity contribution in [2.75, 3.05) is 10.6 Å². The number of halogens is 3. The number of aryl methyl sites for hydroxylation is 1. The number of pyridine rings is 1. The number of alkyl halides is 3. The van der Waals surface area contributed by atoms with Crippen LogP contribution in [0.15, 0.2) is 36.5 Å². The van der Waals surface area contributed by atoms with Crippen molar-refractivity contribution < 1.29 is 22.8 Å². The number of aromatic nitrogens is 1. The highest BCUT2D eigenvalue weighted by molar-refractivity contribution is 6.04. The molecule has 0 aliphatic carbocycles. The maximum atomic E-state index is 13.2. The third-order valence-electron chi connectivity index (χ3n) is 3.07. The number of nitrogens with one attached hydrogen (secondary N) is 2. The molecule has 5 nitrogen and oxygen atoms in total. The van der Waals surface area contributed by atoms with Crippen molar-refractivity contribution in [1.29, 1.82) is 0 Å². The van der Waals surface area contributed by atoms with Gasteiger partial charge < -0.3 is 10.6 Å². The Labute approximate surface area is 135 Å². The van der Waals surface area contributed by atoms with E-state index in [2.05, 4.69) is 15.6 Å². The molecule has 1 heterocycles. The number of hydrogen-bond acceptors (Lipinski definition) is 3. The average molecular weight is 337 g/mol. The molecule has 126 valence electrons. The molecule has 0 radical (unpaired) electrons. The maximum absolute atomic E-state index is 13.2. The molecule has 0 spiro atoms. The second-order valence-corrected chi connectivity index (χ2v) is 5.08. The predicted octanol–water partition coefficient (Wildman–Crippen LogP) is 3.62. The molecule has 2 amide bonds. The van der Waals surface area contributed by atoms with Crippen LogP contribution in [0.25, 0.3) is 0 Å². The molecular formula is C16H14F3N3O2. The zero-order chi connectivity index (χ0) is 17.9. The number of benzene rings is 1. The molecule has 0 saturated carbocycles. The topological polar surface area (TPSA) is 71.1 Å². The third-order valence-corrected chi connectivity index (χ3v) is 3.07. The predicted molar refractivity (Wildman–Crippen MR) is 82.7 cm³/mol. The minimum Gasteiger partial charge on any atom is -0.326 e. The number of carbonyl (C=O) groups excluding carboxylic acids is 2. The molecule has 0 saturated heterocycles. The van der Waals surface area contributed by atoms with Crippen LogP contribution in [-0.4, -0.2) is 16.8 Å². The van der Waals surface area contributed by atoms with Gasteiger partial charge in [-0.25, -0.2) is 0 Å². The molecule has 1 aromatic heterocycles. The Morgan fingerprint density at radius 3 is 2.33 bits per heavy atom. The fraction of sp³-hybridized carbons (Fsp3) is 0.188. The van der Waals surface area contributed by atoms with Crippen LogP contribution < -0.4 is 10.6 Å². The maximum Gasteiger partial charge on any atom is 0.418 e. The Kier molecular flexibility index (Phi) is 4.87. The van der Waals surface area contributed by atoms with Gasteiger partial charge in [0.25, 0.3) is 5.91 Å². The monoisotopic (exact) mass is 337 g/mol. The lowest BCUT2D eigenvalue weighted by molar-refractivity contribution is -0.137. The Morgan fingerprint density at radius 2 is 1.79 bits per heavy atom. The van der Waals surface area contributed by atoms with Crippen molar-refractivity contribution in [2.45, 2.75) is 20.0 Å².